The first-order valence-electron chi connectivity index (χ1n) is 5.88. The number of aromatic hydroxyl groups is 1. The molecule has 0 fully saturated rings. The molecule has 0 aliphatic carbocycles. The van der Waals surface area contributed by atoms with Crippen molar-refractivity contribution in [3.8, 4) is 17.4 Å². The molecule has 0 unspecified atom stereocenters. The molecule has 0 saturated heterocycles. The van der Waals surface area contributed by atoms with Crippen molar-refractivity contribution in [2.45, 2.75) is 6.54 Å². The molecule has 1 aromatic carbocycles. The van der Waals surface area contributed by atoms with Gasteiger partial charge in [-0.25, -0.2) is 9.78 Å². The molecule has 20 heavy (non-hydrogen) atoms. The SMILES string of the molecule is COC(=O)c1cc(CN)nc(Oc2ccc(O)cc2)c1. The van der Waals surface area contributed by atoms with Gasteiger partial charge in [0.2, 0.25) is 5.88 Å². The van der Waals surface area contributed by atoms with Crippen molar-refractivity contribution in [1.82, 2.24) is 4.98 Å². The molecule has 0 atom stereocenters. The van der Waals surface area contributed by atoms with Crippen molar-refractivity contribution in [2.75, 3.05) is 7.11 Å². The lowest BCUT2D eigenvalue weighted by Crippen LogP contribution is -2.07. The number of carbonyl (C=O) groups is 1. The van der Waals surface area contributed by atoms with Crippen LogP contribution in [0.5, 0.6) is 17.4 Å². The van der Waals surface area contributed by atoms with E-state index in [2.05, 4.69) is 9.72 Å². The monoisotopic (exact) mass is 274 g/mol. The molecule has 0 bridgehead atoms. The Kier molecular flexibility index (Phi) is 4.17. The molecule has 0 amide bonds. The number of pyridine rings is 1. The van der Waals surface area contributed by atoms with Gasteiger partial charge in [0.05, 0.1) is 18.4 Å². The molecule has 6 nitrogen and oxygen atoms in total. The van der Waals surface area contributed by atoms with E-state index in [1.165, 1.54) is 25.3 Å². The highest BCUT2D eigenvalue weighted by atomic mass is 16.5. The van der Waals surface area contributed by atoms with E-state index in [0.717, 1.165) is 0 Å². The molecule has 2 aromatic rings. The fourth-order valence-electron chi connectivity index (χ4n) is 1.59. The molecule has 6 heteroatoms. The lowest BCUT2D eigenvalue weighted by molar-refractivity contribution is 0.0600. The number of phenols is 1. The third-order valence-electron chi connectivity index (χ3n) is 2.54. The van der Waals surface area contributed by atoms with Crippen molar-refractivity contribution in [3.63, 3.8) is 0 Å². The van der Waals surface area contributed by atoms with E-state index < -0.39 is 5.97 Å². The molecule has 0 aliphatic rings. The number of methoxy groups -OCH3 is 1. The third-order valence-corrected chi connectivity index (χ3v) is 2.54. The van der Waals surface area contributed by atoms with Crippen LogP contribution in [0, 0.1) is 0 Å². The second-order valence-corrected chi connectivity index (χ2v) is 3.98. The normalized spacial score (nSPS) is 10.1. The van der Waals surface area contributed by atoms with E-state index in [1.54, 1.807) is 18.2 Å². The number of nitrogens with two attached hydrogens (primary N) is 1. The standard InChI is InChI=1S/C14H14N2O4/c1-19-14(18)9-6-10(8-15)16-13(7-9)20-12-4-2-11(17)3-5-12/h2-7,17H,8,15H2,1H3. The quantitative estimate of drug-likeness (QED) is 0.826. The van der Waals surface area contributed by atoms with E-state index in [4.69, 9.17) is 10.5 Å². The number of phenolic OH excluding ortho intramolecular Hbond substituents is 1. The second kappa shape index (κ2) is 6.03. The molecule has 1 heterocycles. The predicted octanol–water partition coefficient (Wildman–Crippen LogP) is 1.82. The van der Waals surface area contributed by atoms with E-state index in [-0.39, 0.29) is 18.2 Å². The van der Waals surface area contributed by atoms with Crippen LogP contribution in [-0.4, -0.2) is 23.2 Å². The van der Waals surface area contributed by atoms with Crippen LogP contribution in [-0.2, 0) is 11.3 Å². The lowest BCUT2D eigenvalue weighted by atomic mass is 10.2. The Hall–Kier alpha value is -2.60. The molecule has 0 spiro atoms. The molecule has 1 aromatic heterocycles. The van der Waals surface area contributed by atoms with Crippen LogP contribution in [0.15, 0.2) is 36.4 Å². The maximum atomic E-state index is 11.6. The smallest absolute Gasteiger partial charge is 0.338 e. The maximum Gasteiger partial charge on any atom is 0.338 e. The molecule has 0 aliphatic heterocycles. The van der Waals surface area contributed by atoms with Gasteiger partial charge in [-0.1, -0.05) is 0 Å². The molecular weight excluding hydrogens is 260 g/mol. The summed E-state index contributed by atoms with van der Waals surface area (Å²) in [6.45, 7) is 0.177. The summed E-state index contributed by atoms with van der Waals surface area (Å²) in [6, 6.07) is 9.17. The zero-order chi connectivity index (χ0) is 14.5. The predicted molar refractivity (Wildman–Crippen MR) is 71.6 cm³/mol. The van der Waals surface area contributed by atoms with Gasteiger partial charge >= 0.3 is 5.97 Å². The van der Waals surface area contributed by atoms with Crippen LogP contribution in [0.1, 0.15) is 16.1 Å². The van der Waals surface area contributed by atoms with E-state index in [1.807, 2.05) is 0 Å². The van der Waals surface area contributed by atoms with Gasteiger partial charge in [-0.05, 0) is 30.3 Å². The van der Waals surface area contributed by atoms with Crippen LogP contribution in [0.25, 0.3) is 0 Å². The summed E-state index contributed by atoms with van der Waals surface area (Å²) >= 11 is 0. The van der Waals surface area contributed by atoms with Gasteiger partial charge in [0.15, 0.2) is 0 Å². The molecule has 2 rings (SSSR count). The Bertz CT molecular complexity index is 611. The number of hydrogen-bond acceptors (Lipinski definition) is 6. The number of benzene rings is 1. The van der Waals surface area contributed by atoms with Crippen LogP contribution >= 0.6 is 0 Å². The van der Waals surface area contributed by atoms with Gasteiger partial charge in [-0.2, -0.15) is 0 Å². The Morgan fingerprint density at radius 2 is 2.00 bits per heavy atom. The Morgan fingerprint density at radius 3 is 2.60 bits per heavy atom. The summed E-state index contributed by atoms with van der Waals surface area (Å²) in [6.07, 6.45) is 0. The number of rotatable bonds is 4. The van der Waals surface area contributed by atoms with Gasteiger partial charge in [0, 0.05) is 12.6 Å². The summed E-state index contributed by atoms with van der Waals surface area (Å²) in [4.78, 5) is 15.7. The highest BCUT2D eigenvalue weighted by Crippen LogP contribution is 2.23. The maximum absolute atomic E-state index is 11.6. The van der Waals surface area contributed by atoms with Crippen LogP contribution in [0.3, 0.4) is 0 Å². The summed E-state index contributed by atoms with van der Waals surface area (Å²) in [5, 5.41) is 9.20. The van der Waals surface area contributed by atoms with Gasteiger partial charge in [0.25, 0.3) is 0 Å². The van der Waals surface area contributed by atoms with Gasteiger partial charge < -0.3 is 20.3 Å². The zero-order valence-electron chi connectivity index (χ0n) is 10.9. The molecule has 104 valence electrons. The molecule has 3 N–H and O–H groups in total. The molecule has 0 radical (unpaired) electrons. The zero-order valence-corrected chi connectivity index (χ0v) is 10.9. The Balaban J connectivity index is 2.30. The number of hydrogen-bond donors (Lipinski definition) is 2. The fraction of sp³-hybridized carbons (Fsp3) is 0.143. The lowest BCUT2D eigenvalue weighted by Gasteiger charge is -2.08. The number of carbonyl (C=O) groups excluding carboxylic acids is 1. The first-order valence-corrected chi connectivity index (χ1v) is 5.88. The summed E-state index contributed by atoms with van der Waals surface area (Å²) in [7, 11) is 1.30. The number of nitrogens with zero attached hydrogens (tertiary/aromatic N) is 1. The average Bonchev–Trinajstić information content (AvgIpc) is 2.48. The first-order chi connectivity index (χ1) is 9.62. The Morgan fingerprint density at radius 1 is 1.30 bits per heavy atom. The van der Waals surface area contributed by atoms with Gasteiger partial charge in [-0.15, -0.1) is 0 Å². The highest BCUT2D eigenvalue weighted by Gasteiger charge is 2.11. The topological polar surface area (TPSA) is 94.7 Å². The molecule has 0 saturated carbocycles. The van der Waals surface area contributed by atoms with Gasteiger partial charge in [-0.3, -0.25) is 0 Å². The molecular formula is C14H14N2O4. The largest absolute Gasteiger partial charge is 0.508 e. The minimum Gasteiger partial charge on any atom is -0.508 e. The number of aromatic nitrogens is 1. The van der Waals surface area contributed by atoms with Crippen LogP contribution in [0.4, 0.5) is 0 Å². The van der Waals surface area contributed by atoms with Crippen molar-refractivity contribution in [2.24, 2.45) is 5.73 Å². The van der Waals surface area contributed by atoms with E-state index in [9.17, 15) is 9.90 Å². The van der Waals surface area contributed by atoms with E-state index >= 15 is 0 Å². The summed E-state index contributed by atoms with van der Waals surface area (Å²) < 4.78 is 10.2. The number of esters is 1. The second-order valence-electron chi connectivity index (χ2n) is 3.98. The third kappa shape index (κ3) is 3.24. The van der Waals surface area contributed by atoms with Crippen molar-refractivity contribution < 1.29 is 19.4 Å². The first kappa shape index (κ1) is 13.8. The van der Waals surface area contributed by atoms with Crippen molar-refractivity contribution >= 4 is 5.97 Å². The fourth-order valence-corrected chi connectivity index (χ4v) is 1.59. The average molecular weight is 274 g/mol. The van der Waals surface area contributed by atoms with Crippen LogP contribution < -0.4 is 10.5 Å². The van der Waals surface area contributed by atoms with Crippen molar-refractivity contribution in [1.29, 1.82) is 0 Å². The number of ether oxygens (including phenoxy) is 2. The minimum atomic E-state index is -0.488. The summed E-state index contributed by atoms with van der Waals surface area (Å²) in [5.74, 6) is 0.369. The van der Waals surface area contributed by atoms with Crippen LogP contribution in [0.2, 0.25) is 0 Å². The van der Waals surface area contributed by atoms with E-state index in [0.29, 0.717) is 17.0 Å². The van der Waals surface area contributed by atoms with Gasteiger partial charge in [0.1, 0.15) is 11.5 Å². The van der Waals surface area contributed by atoms with Crippen molar-refractivity contribution in [3.05, 3.63) is 47.7 Å². The minimum absolute atomic E-state index is 0.135. The Labute approximate surface area is 115 Å². The highest BCUT2D eigenvalue weighted by molar-refractivity contribution is 5.89. The summed E-state index contributed by atoms with van der Waals surface area (Å²) in [5.41, 5.74) is 6.37.